The molecular weight excluding hydrogens is 613 g/mol. The molecule has 0 heterocycles. The SMILES string of the molecule is COc1ccc(S(=O)(=O)N(Cc2ccccc2)c2ccccc2C(=O)N/N=C(/C)c2ccc(I)cc2)cc1. The number of sulfonamides is 1. The molecule has 194 valence electrons. The summed E-state index contributed by atoms with van der Waals surface area (Å²) < 4.78 is 35.4. The second-order valence-corrected chi connectivity index (χ2v) is 11.4. The number of methoxy groups -OCH3 is 1. The number of halogens is 1. The van der Waals surface area contributed by atoms with Gasteiger partial charge in [0.2, 0.25) is 0 Å². The van der Waals surface area contributed by atoms with Crippen molar-refractivity contribution >= 4 is 49.9 Å². The standard InChI is InChI=1S/C29H26IN3O4S/c1-21(23-12-14-24(30)15-13-23)31-32-29(34)27-10-6-7-11-28(27)33(20-22-8-4-3-5-9-22)38(35,36)26-18-16-25(37-2)17-19-26/h3-19H,20H2,1-2H3,(H,32,34)/b31-21-. The number of hydrogen-bond acceptors (Lipinski definition) is 5. The molecule has 0 aliphatic heterocycles. The van der Waals surface area contributed by atoms with E-state index in [0.717, 1.165) is 14.7 Å². The lowest BCUT2D eigenvalue weighted by molar-refractivity contribution is 0.0955. The number of nitrogens with one attached hydrogen (secondary N) is 1. The van der Waals surface area contributed by atoms with Crippen molar-refractivity contribution < 1.29 is 17.9 Å². The van der Waals surface area contributed by atoms with Gasteiger partial charge >= 0.3 is 0 Å². The minimum atomic E-state index is -4.05. The quantitative estimate of drug-likeness (QED) is 0.142. The molecule has 4 aromatic rings. The Labute approximate surface area is 236 Å². The third-order valence-electron chi connectivity index (χ3n) is 5.82. The van der Waals surface area contributed by atoms with Crippen LogP contribution in [0.4, 0.5) is 5.69 Å². The average Bonchev–Trinajstić information content (AvgIpc) is 2.95. The summed E-state index contributed by atoms with van der Waals surface area (Å²) in [7, 11) is -2.53. The number of ether oxygens (including phenoxy) is 1. The van der Waals surface area contributed by atoms with E-state index in [0.29, 0.717) is 11.5 Å². The Morgan fingerprint density at radius 2 is 1.53 bits per heavy atom. The summed E-state index contributed by atoms with van der Waals surface area (Å²) in [6.07, 6.45) is 0. The van der Waals surface area contributed by atoms with Gasteiger partial charge in [-0.25, -0.2) is 13.8 Å². The zero-order chi connectivity index (χ0) is 27.1. The van der Waals surface area contributed by atoms with Gasteiger partial charge in [0.1, 0.15) is 5.75 Å². The highest BCUT2D eigenvalue weighted by Gasteiger charge is 2.28. The van der Waals surface area contributed by atoms with Crippen molar-refractivity contribution in [1.82, 2.24) is 5.43 Å². The van der Waals surface area contributed by atoms with Crippen LogP contribution in [-0.4, -0.2) is 27.1 Å². The smallest absolute Gasteiger partial charge is 0.273 e. The fourth-order valence-electron chi connectivity index (χ4n) is 3.76. The molecule has 7 nitrogen and oxygen atoms in total. The number of carbonyl (C=O) groups excluding carboxylic acids is 1. The average molecular weight is 640 g/mol. The van der Waals surface area contributed by atoms with Crippen LogP contribution in [0.3, 0.4) is 0 Å². The molecule has 0 bridgehead atoms. The number of para-hydroxylation sites is 1. The second-order valence-electron chi connectivity index (χ2n) is 8.33. The Hall–Kier alpha value is -3.70. The van der Waals surface area contributed by atoms with Crippen LogP contribution in [0.25, 0.3) is 0 Å². The van der Waals surface area contributed by atoms with Crippen LogP contribution >= 0.6 is 22.6 Å². The van der Waals surface area contributed by atoms with Gasteiger partial charge in [0.05, 0.1) is 35.5 Å². The molecule has 4 rings (SSSR count). The number of benzene rings is 4. The fourth-order valence-corrected chi connectivity index (χ4v) is 5.59. The summed E-state index contributed by atoms with van der Waals surface area (Å²) in [5, 5.41) is 4.26. The molecule has 9 heteroatoms. The van der Waals surface area contributed by atoms with Crippen molar-refractivity contribution in [1.29, 1.82) is 0 Å². The number of nitrogens with zero attached hydrogens (tertiary/aromatic N) is 2. The number of hydrogen-bond donors (Lipinski definition) is 1. The Morgan fingerprint density at radius 1 is 0.895 bits per heavy atom. The van der Waals surface area contributed by atoms with Gasteiger partial charge < -0.3 is 4.74 Å². The van der Waals surface area contributed by atoms with Gasteiger partial charge in [-0.05, 0) is 89.2 Å². The summed E-state index contributed by atoms with van der Waals surface area (Å²) >= 11 is 2.22. The molecule has 38 heavy (non-hydrogen) atoms. The molecule has 0 radical (unpaired) electrons. The van der Waals surface area contributed by atoms with Crippen LogP contribution in [-0.2, 0) is 16.6 Å². The monoisotopic (exact) mass is 639 g/mol. The Morgan fingerprint density at radius 3 is 2.18 bits per heavy atom. The fraction of sp³-hybridized carbons (Fsp3) is 0.103. The molecule has 0 saturated heterocycles. The van der Waals surface area contributed by atoms with Crippen LogP contribution < -0.4 is 14.5 Å². The van der Waals surface area contributed by atoms with Gasteiger partial charge in [-0.1, -0.05) is 54.6 Å². The first-order valence-electron chi connectivity index (χ1n) is 11.7. The predicted molar refractivity (Wildman–Crippen MR) is 158 cm³/mol. The molecule has 1 N–H and O–H groups in total. The molecule has 1 amide bonds. The van der Waals surface area contributed by atoms with E-state index >= 15 is 0 Å². The summed E-state index contributed by atoms with van der Waals surface area (Å²) in [5.41, 5.74) is 5.27. The van der Waals surface area contributed by atoms with Gasteiger partial charge in [0.15, 0.2) is 0 Å². The lowest BCUT2D eigenvalue weighted by Gasteiger charge is -2.26. The van der Waals surface area contributed by atoms with E-state index in [1.165, 1.54) is 23.5 Å². The normalized spacial score (nSPS) is 11.6. The van der Waals surface area contributed by atoms with E-state index in [9.17, 15) is 13.2 Å². The molecule has 0 aromatic heterocycles. The maximum Gasteiger partial charge on any atom is 0.273 e. The van der Waals surface area contributed by atoms with E-state index in [4.69, 9.17) is 4.74 Å². The third-order valence-corrected chi connectivity index (χ3v) is 8.31. The molecule has 0 fully saturated rings. The molecule has 0 unspecified atom stereocenters. The van der Waals surface area contributed by atoms with Gasteiger partial charge in [0, 0.05) is 3.57 Å². The first kappa shape index (κ1) is 27.3. The van der Waals surface area contributed by atoms with E-state index in [-0.39, 0.29) is 22.7 Å². The van der Waals surface area contributed by atoms with Crippen LogP contribution in [0, 0.1) is 3.57 Å². The predicted octanol–water partition coefficient (Wildman–Crippen LogP) is 5.85. The maximum absolute atomic E-state index is 13.9. The van der Waals surface area contributed by atoms with Gasteiger partial charge in [-0.15, -0.1) is 0 Å². The van der Waals surface area contributed by atoms with Crippen LogP contribution in [0.5, 0.6) is 5.75 Å². The third kappa shape index (κ3) is 6.40. The summed E-state index contributed by atoms with van der Waals surface area (Å²) in [5.74, 6) is 0.0214. The van der Waals surface area contributed by atoms with E-state index in [1.807, 2.05) is 54.6 Å². The molecule has 0 aliphatic carbocycles. The summed E-state index contributed by atoms with van der Waals surface area (Å²) in [4.78, 5) is 13.4. The Kier molecular flexibility index (Phi) is 8.80. The minimum absolute atomic E-state index is 0.0322. The zero-order valence-electron chi connectivity index (χ0n) is 20.8. The highest BCUT2D eigenvalue weighted by atomic mass is 127. The summed E-state index contributed by atoms with van der Waals surface area (Å²) in [6, 6.07) is 29.7. The Balaban J connectivity index is 1.72. The van der Waals surface area contributed by atoms with Gasteiger partial charge in [-0.2, -0.15) is 5.10 Å². The van der Waals surface area contributed by atoms with Crippen molar-refractivity contribution in [2.24, 2.45) is 5.10 Å². The lowest BCUT2D eigenvalue weighted by Crippen LogP contribution is -2.33. The van der Waals surface area contributed by atoms with Crippen molar-refractivity contribution in [2.45, 2.75) is 18.4 Å². The molecule has 0 spiro atoms. The summed E-state index contributed by atoms with van der Waals surface area (Å²) in [6.45, 7) is 1.83. The zero-order valence-corrected chi connectivity index (χ0v) is 23.8. The van der Waals surface area contributed by atoms with E-state index in [2.05, 4.69) is 33.1 Å². The lowest BCUT2D eigenvalue weighted by atomic mass is 10.1. The first-order valence-corrected chi connectivity index (χ1v) is 14.2. The maximum atomic E-state index is 13.9. The second kappa shape index (κ2) is 12.2. The van der Waals surface area contributed by atoms with E-state index in [1.54, 1.807) is 43.3 Å². The van der Waals surface area contributed by atoms with Crippen molar-refractivity contribution in [3.8, 4) is 5.75 Å². The number of anilines is 1. The molecule has 4 aromatic carbocycles. The number of amides is 1. The topological polar surface area (TPSA) is 88.1 Å². The van der Waals surface area contributed by atoms with Crippen molar-refractivity contribution in [3.63, 3.8) is 0 Å². The Bertz CT molecular complexity index is 1540. The molecule has 0 saturated carbocycles. The highest BCUT2D eigenvalue weighted by Crippen LogP contribution is 2.30. The first-order chi connectivity index (χ1) is 18.3. The number of hydrazone groups is 1. The largest absolute Gasteiger partial charge is 0.497 e. The minimum Gasteiger partial charge on any atom is -0.497 e. The highest BCUT2D eigenvalue weighted by molar-refractivity contribution is 14.1. The molecular formula is C29H26IN3O4S. The van der Waals surface area contributed by atoms with E-state index < -0.39 is 15.9 Å². The number of carbonyl (C=O) groups is 1. The van der Waals surface area contributed by atoms with Gasteiger partial charge in [0.25, 0.3) is 15.9 Å². The van der Waals surface area contributed by atoms with Crippen LogP contribution in [0.15, 0.2) is 113 Å². The van der Waals surface area contributed by atoms with Gasteiger partial charge in [-0.3, -0.25) is 9.10 Å². The molecule has 0 atom stereocenters. The van der Waals surface area contributed by atoms with Crippen molar-refractivity contribution in [2.75, 3.05) is 11.4 Å². The molecule has 0 aliphatic rings. The van der Waals surface area contributed by atoms with Crippen LogP contribution in [0.1, 0.15) is 28.4 Å². The van der Waals surface area contributed by atoms with Crippen molar-refractivity contribution in [3.05, 3.63) is 123 Å². The number of rotatable bonds is 9. The van der Waals surface area contributed by atoms with Crippen LogP contribution in [0.2, 0.25) is 0 Å².